The Morgan fingerprint density at radius 1 is 0.926 bits per heavy atom. The average Bonchev–Trinajstić information content (AvgIpc) is 3.24. The molecule has 27 heavy (non-hydrogen) atoms. The van der Waals surface area contributed by atoms with E-state index in [4.69, 9.17) is 4.42 Å². The smallest absolute Gasteiger partial charge is 0.248 e. The summed E-state index contributed by atoms with van der Waals surface area (Å²) < 4.78 is 6.14. The molecule has 1 aliphatic carbocycles. The summed E-state index contributed by atoms with van der Waals surface area (Å²) in [7, 11) is 0. The van der Waals surface area contributed by atoms with Crippen LogP contribution >= 0.6 is 0 Å². The van der Waals surface area contributed by atoms with Crippen LogP contribution in [0.25, 0.3) is 11.5 Å². The van der Waals surface area contributed by atoms with Gasteiger partial charge >= 0.3 is 0 Å². The van der Waals surface area contributed by atoms with Crippen molar-refractivity contribution in [3.8, 4) is 11.5 Å². The fourth-order valence-electron chi connectivity index (χ4n) is 4.27. The number of hydrogen-bond acceptors (Lipinski definition) is 6. The van der Waals surface area contributed by atoms with Crippen LogP contribution in [0.1, 0.15) is 48.6 Å². The largest absolute Gasteiger partial charge is 0.420 e. The minimum Gasteiger partial charge on any atom is -0.420 e. The fraction of sp³-hybridized carbons (Fsp3) is 0.429. The molecule has 3 aromatic rings. The Balaban J connectivity index is 1.32. The van der Waals surface area contributed by atoms with Gasteiger partial charge in [-0.05, 0) is 61.8 Å². The van der Waals surface area contributed by atoms with Crippen LogP contribution in [0.5, 0.6) is 0 Å². The minimum absolute atomic E-state index is 0.311. The van der Waals surface area contributed by atoms with E-state index in [1.54, 1.807) is 12.4 Å². The first-order valence-corrected chi connectivity index (χ1v) is 9.85. The highest BCUT2D eigenvalue weighted by molar-refractivity contribution is 5.61. The summed E-state index contributed by atoms with van der Waals surface area (Å²) in [6.45, 7) is 1.82. The van der Waals surface area contributed by atoms with Gasteiger partial charge in [-0.3, -0.25) is 0 Å². The molecule has 0 unspecified atom stereocenters. The summed E-state index contributed by atoms with van der Waals surface area (Å²) in [6.07, 6.45) is 10.3. The summed E-state index contributed by atoms with van der Waals surface area (Å²) in [5.41, 5.74) is 3.96. The Morgan fingerprint density at radius 3 is 2.59 bits per heavy atom. The van der Waals surface area contributed by atoms with Gasteiger partial charge in [0, 0.05) is 37.0 Å². The van der Waals surface area contributed by atoms with Crippen molar-refractivity contribution in [1.82, 2.24) is 20.2 Å². The van der Waals surface area contributed by atoms with Gasteiger partial charge in [-0.15, -0.1) is 10.2 Å². The number of rotatable bonds is 3. The van der Waals surface area contributed by atoms with E-state index >= 15 is 0 Å². The second kappa shape index (κ2) is 7.10. The Bertz CT molecular complexity index is 915. The van der Waals surface area contributed by atoms with Gasteiger partial charge in [0.15, 0.2) is 0 Å². The van der Waals surface area contributed by atoms with E-state index in [0.29, 0.717) is 11.8 Å². The molecule has 0 atom stereocenters. The third kappa shape index (κ3) is 3.20. The second-order valence-corrected chi connectivity index (χ2v) is 7.41. The van der Waals surface area contributed by atoms with Crippen LogP contribution in [0.2, 0.25) is 0 Å². The van der Waals surface area contributed by atoms with Gasteiger partial charge in [0.05, 0.1) is 0 Å². The summed E-state index contributed by atoms with van der Waals surface area (Å²) in [4.78, 5) is 10.9. The first-order valence-electron chi connectivity index (χ1n) is 9.85. The maximum atomic E-state index is 6.14. The number of nitrogens with zero attached hydrogens (tertiary/aromatic N) is 5. The molecule has 138 valence electrons. The van der Waals surface area contributed by atoms with Crippen molar-refractivity contribution in [2.75, 3.05) is 18.0 Å². The zero-order valence-corrected chi connectivity index (χ0v) is 15.3. The zero-order valence-electron chi connectivity index (χ0n) is 15.3. The van der Waals surface area contributed by atoms with Crippen molar-refractivity contribution in [1.29, 1.82) is 0 Å². The predicted molar refractivity (Wildman–Crippen MR) is 103 cm³/mol. The van der Waals surface area contributed by atoms with Gasteiger partial charge in [0.2, 0.25) is 17.7 Å². The number of hydrogen-bond donors (Lipinski definition) is 0. The Morgan fingerprint density at radius 2 is 1.74 bits per heavy atom. The third-order valence-corrected chi connectivity index (χ3v) is 5.75. The van der Waals surface area contributed by atoms with E-state index in [1.807, 2.05) is 6.07 Å². The van der Waals surface area contributed by atoms with Crippen LogP contribution in [0.15, 0.2) is 41.1 Å². The Hall–Kier alpha value is -2.76. The lowest BCUT2D eigenvalue weighted by Gasteiger charge is -2.30. The van der Waals surface area contributed by atoms with Gasteiger partial charge in [0.1, 0.15) is 0 Å². The molecule has 6 nitrogen and oxygen atoms in total. The molecule has 0 N–H and O–H groups in total. The van der Waals surface area contributed by atoms with Crippen LogP contribution in [0.4, 0.5) is 5.95 Å². The summed E-state index contributed by atoms with van der Waals surface area (Å²) >= 11 is 0. The van der Waals surface area contributed by atoms with Crippen molar-refractivity contribution >= 4 is 5.95 Å². The Kier molecular flexibility index (Phi) is 4.32. The van der Waals surface area contributed by atoms with Crippen molar-refractivity contribution in [2.45, 2.75) is 44.4 Å². The highest BCUT2D eigenvalue weighted by Crippen LogP contribution is 2.34. The molecule has 1 aliphatic heterocycles. The highest BCUT2D eigenvalue weighted by atomic mass is 16.4. The quantitative estimate of drug-likeness (QED) is 0.707. The molecule has 5 rings (SSSR count). The molecular weight excluding hydrogens is 338 g/mol. The number of piperidine rings is 1. The molecule has 2 aliphatic rings. The lowest BCUT2D eigenvalue weighted by molar-refractivity contribution is 0.396. The number of aromatic nitrogens is 4. The third-order valence-electron chi connectivity index (χ3n) is 5.75. The van der Waals surface area contributed by atoms with E-state index in [1.165, 1.54) is 24.0 Å². The first kappa shape index (κ1) is 16.4. The Labute approximate surface area is 158 Å². The van der Waals surface area contributed by atoms with Gasteiger partial charge in [0.25, 0.3) is 0 Å². The molecule has 0 saturated carbocycles. The van der Waals surface area contributed by atoms with Crippen molar-refractivity contribution < 1.29 is 4.42 Å². The molecule has 0 spiro atoms. The highest BCUT2D eigenvalue weighted by Gasteiger charge is 2.27. The molecule has 0 amide bonds. The van der Waals surface area contributed by atoms with E-state index < -0.39 is 0 Å². The van der Waals surface area contributed by atoms with Crippen LogP contribution in [-0.4, -0.2) is 33.3 Å². The number of anilines is 1. The summed E-state index contributed by atoms with van der Waals surface area (Å²) in [6, 6.07) is 8.31. The van der Waals surface area contributed by atoms with Crippen LogP contribution in [0, 0.1) is 0 Å². The minimum atomic E-state index is 0.311. The molecule has 1 fully saturated rings. The summed E-state index contributed by atoms with van der Waals surface area (Å²) in [5, 5.41) is 8.79. The number of benzene rings is 1. The maximum absolute atomic E-state index is 6.14. The molecule has 6 heteroatoms. The molecule has 1 saturated heterocycles. The van der Waals surface area contributed by atoms with Crippen LogP contribution in [-0.2, 0) is 12.8 Å². The van der Waals surface area contributed by atoms with Crippen molar-refractivity contribution in [2.24, 2.45) is 0 Å². The van der Waals surface area contributed by atoms with Gasteiger partial charge in [-0.25, -0.2) is 9.97 Å². The molecule has 0 bridgehead atoms. The lowest BCUT2D eigenvalue weighted by atomic mass is 9.88. The monoisotopic (exact) mass is 361 g/mol. The summed E-state index contributed by atoms with van der Waals surface area (Å²) in [5.74, 6) is 2.56. The number of fused-ring (bicyclic) bond motifs is 1. The zero-order chi connectivity index (χ0) is 18.1. The van der Waals surface area contributed by atoms with E-state index in [2.05, 4.69) is 43.3 Å². The van der Waals surface area contributed by atoms with Crippen LogP contribution < -0.4 is 4.90 Å². The predicted octanol–water partition coefficient (Wildman–Crippen LogP) is 3.79. The van der Waals surface area contributed by atoms with Crippen molar-refractivity contribution in [3.63, 3.8) is 0 Å². The SMILES string of the molecule is c1cnc(N2CCC(c3nnc(-c4cccc5c4CCCC5)o3)CC2)nc1. The first-order chi connectivity index (χ1) is 13.4. The fourth-order valence-corrected chi connectivity index (χ4v) is 4.27. The maximum Gasteiger partial charge on any atom is 0.248 e. The molecule has 2 aromatic heterocycles. The van der Waals surface area contributed by atoms with E-state index in [9.17, 15) is 0 Å². The van der Waals surface area contributed by atoms with Gasteiger partial charge in [-0.1, -0.05) is 12.1 Å². The second-order valence-electron chi connectivity index (χ2n) is 7.41. The van der Waals surface area contributed by atoms with E-state index in [-0.39, 0.29) is 0 Å². The molecule has 1 aromatic carbocycles. The molecule has 3 heterocycles. The molecular formula is C21H23N5O. The van der Waals surface area contributed by atoms with Gasteiger partial charge < -0.3 is 9.32 Å². The lowest BCUT2D eigenvalue weighted by Crippen LogP contribution is -2.34. The normalized spacial score (nSPS) is 17.7. The van der Waals surface area contributed by atoms with Crippen molar-refractivity contribution in [3.05, 3.63) is 53.7 Å². The topological polar surface area (TPSA) is 67.9 Å². The number of aryl methyl sites for hydroxylation is 1. The molecule has 0 radical (unpaired) electrons. The average molecular weight is 361 g/mol. The van der Waals surface area contributed by atoms with Gasteiger partial charge in [-0.2, -0.15) is 0 Å². The standard InChI is InChI=1S/C21H23N5O/c1-2-7-17-15(5-1)6-3-8-18(17)20-25-24-19(27-20)16-9-13-26(14-10-16)21-22-11-4-12-23-21/h3-4,6,8,11-12,16H,1-2,5,7,9-10,13-14H2. The van der Waals surface area contributed by atoms with Crippen LogP contribution in [0.3, 0.4) is 0 Å². The van der Waals surface area contributed by atoms with E-state index in [0.717, 1.165) is 56.2 Å².